The maximum atomic E-state index is 12.4. The van der Waals surface area contributed by atoms with Crippen LogP contribution in [0.3, 0.4) is 0 Å². The van der Waals surface area contributed by atoms with E-state index in [-0.39, 0.29) is 11.5 Å². The summed E-state index contributed by atoms with van der Waals surface area (Å²) in [5, 5.41) is 6.38. The minimum atomic E-state index is -4.41. The predicted octanol–water partition coefficient (Wildman–Crippen LogP) is 3.55. The van der Waals surface area contributed by atoms with Crippen molar-refractivity contribution < 1.29 is 27.4 Å². The monoisotopic (exact) mass is 425 g/mol. The van der Waals surface area contributed by atoms with Crippen LogP contribution < -0.4 is 24.8 Å². The number of nitrogens with zero attached hydrogens (tertiary/aromatic N) is 1. The molecular weight excluding hydrogens is 399 g/mol. The zero-order valence-corrected chi connectivity index (χ0v) is 17.2. The molecule has 9 heteroatoms. The number of rotatable bonds is 9. The Morgan fingerprint density at radius 3 is 2.37 bits per heavy atom. The third-order valence-corrected chi connectivity index (χ3v) is 4.18. The van der Waals surface area contributed by atoms with Gasteiger partial charge in [-0.2, -0.15) is 13.2 Å². The summed E-state index contributed by atoms with van der Waals surface area (Å²) in [5.41, 5.74) is 1.89. The third kappa shape index (κ3) is 7.38. The van der Waals surface area contributed by atoms with E-state index in [1.165, 1.54) is 13.2 Å². The molecule has 2 aromatic rings. The maximum absolute atomic E-state index is 12.4. The van der Waals surface area contributed by atoms with Crippen molar-refractivity contribution in [3.8, 4) is 17.2 Å². The van der Waals surface area contributed by atoms with Crippen LogP contribution in [0.15, 0.2) is 47.5 Å². The summed E-state index contributed by atoms with van der Waals surface area (Å²) < 4.78 is 52.3. The molecule has 164 valence electrons. The molecule has 0 aliphatic rings. The van der Waals surface area contributed by atoms with Crippen LogP contribution in [0.2, 0.25) is 0 Å². The van der Waals surface area contributed by atoms with Gasteiger partial charge in [-0.25, -0.2) is 0 Å². The van der Waals surface area contributed by atoms with Crippen LogP contribution in [0.1, 0.15) is 11.1 Å². The van der Waals surface area contributed by atoms with Gasteiger partial charge >= 0.3 is 6.18 Å². The van der Waals surface area contributed by atoms with Gasteiger partial charge in [0.25, 0.3) is 0 Å². The van der Waals surface area contributed by atoms with Crippen LogP contribution in [0, 0.1) is 0 Å². The molecule has 0 aromatic heterocycles. The van der Waals surface area contributed by atoms with E-state index in [1.54, 1.807) is 26.3 Å². The van der Waals surface area contributed by atoms with Crippen LogP contribution in [0.25, 0.3) is 0 Å². The molecule has 0 saturated carbocycles. The van der Waals surface area contributed by atoms with Gasteiger partial charge in [0, 0.05) is 20.1 Å². The maximum Gasteiger partial charge on any atom is 0.422 e. The quantitative estimate of drug-likeness (QED) is 0.475. The van der Waals surface area contributed by atoms with Crippen LogP contribution >= 0.6 is 0 Å². The molecule has 0 aliphatic carbocycles. The van der Waals surface area contributed by atoms with Gasteiger partial charge in [-0.1, -0.05) is 24.3 Å². The molecule has 2 aromatic carbocycles. The molecule has 0 unspecified atom stereocenters. The first kappa shape index (κ1) is 23.2. The average Bonchev–Trinajstić information content (AvgIpc) is 2.74. The minimum Gasteiger partial charge on any atom is -0.496 e. The van der Waals surface area contributed by atoms with Crippen molar-refractivity contribution in [2.75, 3.05) is 34.4 Å². The van der Waals surface area contributed by atoms with Gasteiger partial charge in [-0.15, -0.1) is 0 Å². The van der Waals surface area contributed by atoms with Gasteiger partial charge in [0.2, 0.25) is 0 Å². The summed E-state index contributed by atoms with van der Waals surface area (Å²) >= 11 is 0. The van der Waals surface area contributed by atoms with E-state index in [1.807, 2.05) is 24.3 Å². The number of alkyl halides is 3. The standard InChI is InChI=1S/C21H26F3N3O3/c1-25-20(26-11-10-16-6-4-5-7-17(16)28-2)27-13-15-8-9-18(19(12-15)29-3)30-14-21(22,23)24/h4-9,12H,10-11,13-14H2,1-3H3,(H2,25,26,27). The predicted molar refractivity (Wildman–Crippen MR) is 109 cm³/mol. The first-order chi connectivity index (χ1) is 14.4. The normalized spacial score (nSPS) is 11.7. The van der Waals surface area contributed by atoms with Gasteiger partial charge in [0.05, 0.1) is 14.2 Å². The van der Waals surface area contributed by atoms with Crippen LogP contribution in [-0.4, -0.2) is 46.6 Å². The SMILES string of the molecule is CN=C(NCCc1ccccc1OC)NCc1ccc(OCC(F)(F)F)c(OC)c1. The van der Waals surface area contributed by atoms with Crippen molar-refractivity contribution in [1.82, 2.24) is 10.6 Å². The van der Waals surface area contributed by atoms with E-state index in [0.717, 1.165) is 23.3 Å². The molecule has 0 atom stereocenters. The van der Waals surface area contributed by atoms with Gasteiger partial charge in [0.1, 0.15) is 5.75 Å². The number of guanidine groups is 1. The fourth-order valence-corrected chi connectivity index (χ4v) is 2.73. The fourth-order valence-electron chi connectivity index (χ4n) is 2.73. The van der Waals surface area contributed by atoms with E-state index < -0.39 is 12.8 Å². The van der Waals surface area contributed by atoms with Gasteiger partial charge in [0.15, 0.2) is 24.1 Å². The first-order valence-electron chi connectivity index (χ1n) is 9.29. The second-order valence-corrected chi connectivity index (χ2v) is 6.30. The molecule has 0 aliphatic heterocycles. The Morgan fingerprint density at radius 2 is 1.70 bits per heavy atom. The Balaban J connectivity index is 1.88. The van der Waals surface area contributed by atoms with Crippen molar-refractivity contribution in [3.05, 3.63) is 53.6 Å². The molecular formula is C21H26F3N3O3. The number of hydrogen-bond acceptors (Lipinski definition) is 4. The van der Waals surface area contributed by atoms with Crippen LogP contribution in [-0.2, 0) is 13.0 Å². The molecule has 0 fully saturated rings. The highest BCUT2D eigenvalue weighted by molar-refractivity contribution is 5.79. The molecule has 2 rings (SSSR count). The number of hydrogen-bond donors (Lipinski definition) is 2. The van der Waals surface area contributed by atoms with Crippen LogP contribution in [0.4, 0.5) is 13.2 Å². The van der Waals surface area contributed by atoms with E-state index in [9.17, 15) is 13.2 Å². The lowest BCUT2D eigenvalue weighted by molar-refractivity contribution is -0.153. The van der Waals surface area contributed by atoms with Crippen molar-refractivity contribution >= 4 is 5.96 Å². The topological polar surface area (TPSA) is 64.1 Å². The van der Waals surface area contributed by atoms with Crippen molar-refractivity contribution in [2.45, 2.75) is 19.1 Å². The zero-order chi connectivity index (χ0) is 22.0. The molecule has 0 heterocycles. The highest BCUT2D eigenvalue weighted by Crippen LogP contribution is 2.29. The molecule has 2 N–H and O–H groups in total. The molecule has 0 spiro atoms. The number of aliphatic imine (C=N–C) groups is 1. The second-order valence-electron chi connectivity index (χ2n) is 6.30. The van der Waals surface area contributed by atoms with Gasteiger partial charge in [-0.05, 0) is 35.7 Å². The van der Waals surface area contributed by atoms with Crippen molar-refractivity contribution in [2.24, 2.45) is 4.99 Å². The number of nitrogens with one attached hydrogen (secondary N) is 2. The van der Waals surface area contributed by atoms with Gasteiger partial charge < -0.3 is 24.8 Å². The Morgan fingerprint density at radius 1 is 0.967 bits per heavy atom. The Bertz CT molecular complexity index is 842. The Kier molecular flexibility index (Phi) is 8.64. The molecule has 0 radical (unpaired) electrons. The summed E-state index contributed by atoms with van der Waals surface area (Å²) in [7, 11) is 4.68. The third-order valence-electron chi connectivity index (χ3n) is 4.18. The highest BCUT2D eigenvalue weighted by atomic mass is 19.4. The molecule has 6 nitrogen and oxygen atoms in total. The van der Waals surface area contributed by atoms with Crippen LogP contribution in [0.5, 0.6) is 17.2 Å². The summed E-state index contributed by atoms with van der Waals surface area (Å²) in [6.07, 6.45) is -3.66. The number of halogens is 3. The van der Waals surface area contributed by atoms with E-state index in [0.29, 0.717) is 19.0 Å². The summed E-state index contributed by atoms with van der Waals surface area (Å²) in [6, 6.07) is 12.6. The van der Waals surface area contributed by atoms with E-state index in [4.69, 9.17) is 14.2 Å². The fraction of sp³-hybridized carbons (Fsp3) is 0.381. The average molecular weight is 425 g/mol. The summed E-state index contributed by atoms with van der Waals surface area (Å²) in [4.78, 5) is 4.18. The number of methoxy groups -OCH3 is 2. The highest BCUT2D eigenvalue weighted by Gasteiger charge is 2.29. The summed E-state index contributed by atoms with van der Waals surface area (Å²) in [6.45, 7) is -0.318. The lowest BCUT2D eigenvalue weighted by Gasteiger charge is -2.15. The minimum absolute atomic E-state index is 0.0397. The number of benzene rings is 2. The van der Waals surface area contributed by atoms with Crippen molar-refractivity contribution in [1.29, 1.82) is 0 Å². The van der Waals surface area contributed by atoms with E-state index >= 15 is 0 Å². The smallest absolute Gasteiger partial charge is 0.422 e. The van der Waals surface area contributed by atoms with E-state index in [2.05, 4.69) is 15.6 Å². The molecule has 0 saturated heterocycles. The number of ether oxygens (including phenoxy) is 3. The summed E-state index contributed by atoms with van der Waals surface area (Å²) in [5.74, 6) is 1.71. The Hall–Kier alpha value is -3.10. The largest absolute Gasteiger partial charge is 0.496 e. The molecule has 30 heavy (non-hydrogen) atoms. The van der Waals surface area contributed by atoms with Gasteiger partial charge in [-0.3, -0.25) is 4.99 Å². The first-order valence-corrected chi connectivity index (χ1v) is 9.29. The number of para-hydroxylation sites is 1. The Labute approximate surface area is 174 Å². The lowest BCUT2D eigenvalue weighted by Crippen LogP contribution is -2.37. The zero-order valence-electron chi connectivity index (χ0n) is 17.2. The lowest BCUT2D eigenvalue weighted by atomic mass is 10.1. The van der Waals surface area contributed by atoms with Crippen molar-refractivity contribution in [3.63, 3.8) is 0 Å². The molecule has 0 bridgehead atoms. The molecule has 0 amide bonds. The second kappa shape index (κ2) is 11.2.